The molecule has 0 bridgehead atoms. The first-order valence-corrected chi connectivity index (χ1v) is 11.4. The van der Waals surface area contributed by atoms with Gasteiger partial charge in [-0.15, -0.1) is 0 Å². The van der Waals surface area contributed by atoms with Gasteiger partial charge in [0.05, 0.1) is 22.8 Å². The van der Waals surface area contributed by atoms with Crippen LogP contribution in [-0.4, -0.2) is 60.9 Å². The summed E-state index contributed by atoms with van der Waals surface area (Å²) in [7, 11) is -3.07. The Labute approximate surface area is 175 Å². The van der Waals surface area contributed by atoms with Crippen molar-refractivity contribution in [2.45, 2.75) is 33.4 Å². The van der Waals surface area contributed by atoms with Crippen LogP contribution in [0, 0.1) is 13.8 Å². The zero-order chi connectivity index (χ0) is 21.9. The lowest BCUT2D eigenvalue weighted by Gasteiger charge is -2.29. The molecule has 1 N–H and O–H groups in total. The predicted molar refractivity (Wildman–Crippen MR) is 109 cm³/mol. The molecule has 0 saturated carbocycles. The smallest absolute Gasteiger partial charge is 0.251 e. The lowest BCUT2D eigenvalue weighted by atomic mass is 10.2. The number of nitrogens with one attached hydrogen (secondary N) is 1. The monoisotopic (exact) mass is 435 g/mol. The minimum absolute atomic E-state index is 0.0468. The predicted octanol–water partition coefficient (Wildman–Crippen LogP) is 1.25. The lowest BCUT2D eigenvalue weighted by molar-refractivity contribution is -0.132. The van der Waals surface area contributed by atoms with Gasteiger partial charge in [-0.3, -0.25) is 9.59 Å². The first-order valence-electron chi connectivity index (χ1n) is 9.61. The molecule has 9 nitrogen and oxygen atoms in total. The van der Waals surface area contributed by atoms with E-state index in [0.29, 0.717) is 23.7 Å². The van der Waals surface area contributed by atoms with E-state index < -0.39 is 21.8 Å². The molecule has 2 heterocycles. The highest BCUT2D eigenvalue weighted by Gasteiger charge is 2.28. The van der Waals surface area contributed by atoms with Crippen molar-refractivity contribution < 1.29 is 27.3 Å². The second-order valence-corrected chi connectivity index (χ2v) is 9.59. The highest BCUT2D eigenvalue weighted by molar-refractivity contribution is 7.91. The first kappa shape index (κ1) is 21.8. The summed E-state index contributed by atoms with van der Waals surface area (Å²) in [6.45, 7) is 5.86. The minimum Gasteiger partial charge on any atom is -0.489 e. The Hall–Kier alpha value is -2.88. The van der Waals surface area contributed by atoms with Crippen LogP contribution in [0.2, 0.25) is 0 Å². The molecule has 0 spiro atoms. The molecule has 1 unspecified atom stereocenters. The van der Waals surface area contributed by atoms with Gasteiger partial charge in [0.1, 0.15) is 24.2 Å². The Morgan fingerprint density at radius 2 is 1.83 bits per heavy atom. The molecule has 2 aromatic rings. The number of ether oxygens (including phenoxy) is 1. The molecule has 30 heavy (non-hydrogen) atoms. The third-order valence-electron chi connectivity index (χ3n) is 5.06. The number of sulfone groups is 1. The van der Waals surface area contributed by atoms with Crippen molar-refractivity contribution in [1.82, 2.24) is 15.4 Å². The SMILES string of the molecule is Cc1noc(C)c1COc1ccc(C(=O)NC(C)C(=O)N2CCS(=O)(=O)CC2)cc1. The molecule has 0 radical (unpaired) electrons. The van der Waals surface area contributed by atoms with Gasteiger partial charge >= 0.3 is 0 Å². The summed E-state index contributed by atoms with van der Waals surface area (Å²) in [6, 6.07) is 5.82. The molecule has 1 saturated heterocycles. The second-order valence-electron chi connectivity index (χ2n) is 7.29. The van der Waals surface area contributed by atoms with Crippen LogP contribution in [0.5, 0.6) is 5.75 Å². The molecule has 3 rings (SSSR count). The number of benzene rings is 1. The normalized spacial score (nSPS) is 16.7. The Bertz CT molecular complexity index is 996. The van der Waals surface area contributed by atoms with Crippen molar-refractivity contribution in [2.24, 2.45) is 0 Å². The topological polar surface area (TPSA) is 119 Å². The van der Waals surface area contributed by atoms with Gasteiger partial charge < -0.3 is 19.5 Å². The number of amides is 2. The summed E-state index contributed by atoms with van der Waals surface area (Å²) in [5.41, 5.74) is 2.05. The summed E-state index contributed by atoms with van der Waals surface area (Å²) in [5.74, 6) is 0.512. The van der Waals surface area contributed by atoms with Gasteiger partial charge in [0.2, 0.25) is 5.91 Å². The zero-order valence-electron chi connectivity index (χ0n) is 17.2. The fraction of sp³-hybridized carbons (Fsp3) is 0.450. The molecule has 1 aromatic heterocycles. The number of rotatable bonds is 6. The second kappa shape index (κ2) is 8.86. The molecule has 1 aliphatic rings. The summed E-state index contributed by atoms with van der Waals surface area (Å²) < 4.78 is 33.8. The Balaban J connectivity index is 1.53. The quantitative estimate of drug-likeness (QED) is 0.725. The zero-order valence-corrected chi connectivity index (χ0v) is 18.0. The fourth-order valence-corrected chi connectivity index (χ4v) is 4.32. The van der Waals surface area contributed by atoms with Gasteiger partial charge in [-0.05, 0) is 45.0 Å². The lowest BCUT2D eigenvalue weighted by Crippen LogP contribution is -2.51. The molecule has 10 heteroatoms. The molecular weight excluding hydrogens is 410 g/mol. The Morgan fingerprint density at radius 1 is 1.20 bits per heavy atom. The molecule has 1 atom stereocenters. The minimum atomic E-state index is -3.07. The van der Waals surface area contributed by atoms with E-state index in [4.69, 9.17) is 9.26 Å². The van der Waals surface area contributed by atoms with E-state index in [0.717, 1.165) is 11.3 Å². The summed E-state index contributed by atoms with van der Waals surface area (Å²) in [6.07, 6.45) is 0. The van der Waals surface area contributed by atoms with E-state index in [1.54, 1.807) is 31.2 Å². The number of aryl methyl sites for hydroxylation is 2. The maximum Gasteiger partial charge on any atom is 0.251 e. The van der Waals surface area contributed by atoms with Gasteiger partial charge in [0, 0.05) is 18.7 Å². The van der Waals surface area contributed by atoms with E-state index in [-0.39, 0.29) is 30.5 Å². The molecule has 1 fully saturated rings. The highest BCUT2D eigenvalue weighted by Crippen LogP contribution is 2.18. The van der Waals surface area contributed by atoms with Crippen molar-refractivity contribution in [3.63, 3.8) is 0 Å². The summed E-state index contributed by atoms with van der Waals surface area (Å²) >= 11 is 0. The van der Waals surface area contributed by atoms with Gasteiger partial charge in [0.15, 0.2) is 9.84 Å². The average Bonchev–Trinajstić information content (AvgIpc) is 3.03. The van der Waals surface area contributed by atoms with Gasteiger partial charge in [-0.2, -0.15) is 0 Å². The molecule has 1 aliphatic heterocycles. The van der Waals surface area contributed by atoms with Crippen molar-refractivity contribution >= 4 is 21.7 Å². The van der Waals surface area contributed by atoms with Gasteiger partial charge in [-0.1, -0.05) is 5.16 Å². The van der Waals surface area contributed by atoms with Crippen LogP contribution in [0.4, 0.5) is 0 Å². The first-order chi connectivity index (χ1) is 14.2. The van der Waals surface area contributed by atoms with E-state index in [1.807, 2.05) is 13.8 Å². The standard InChI is InChI=1S/C20H25N3O6S/c1-13-18(15(3)29-22-13)12-28-17-6-4-16(5-7-17)19(24)21-14(2)20(25)23-8-10-30(26,27)11-9-23/h4-7,14H,8-12H2,1-3H3,(H,21,24). The van der Waals surface area contributed by atoms with E-state index >= 15 is 0 Å². The van der Waals surface area contributed by atoms with Crippen molar-refractivity contribution in [3.05, 3.63) is 46.8 Å². The number of carbonyl (C=O) groups excluding carboxylic acids is 2. The Kier molecular flexibility index (Phi) is 6.45. The number of nitrogens with zero attached hydrogens (tertiary/aromatic N) is 2. The molecule has 2 amide bonds. The average molecular weight is 436 g/mol. The van der Waals surface area contributed by atoms with Crippen LogP contribution in [0.3, 0.4) is 0 Å². The van der Waals surface area contributed by atoms with Crippen molar-refractivity contribution in [1.29, 1.82) is 0 Å². The number of aromatic nitrogens is 1. The van der Waals surface area contributed by atoms with Crippen LogP contribution in [0.15, 0.2) is 28.8 Å². The molecule has 1 aromatic carbocycles. The van der Waals surface area contributed by atoms with Crippen LogP contribution >= 0.6 is 0 Å². The van der Waals surface area contributed by atoms with Crippen LogP contribution < -0.4 is 10.1 Å². The van der Waals surface area contributed by atoms with Crippen LogP contribution in [0.25, 0.3) is 0 Å². The third kappa shape index (κ3) is 5.18. The maximum atomic E-state index is 12.5. The van der Waals surface area contributed by atoms with Crippen molar-refractivity contribution in [2.75, 3.05) is 24.6 Å². The third-order valence-corrected chi connectivity index (χ3v) is 6.66. The number of hydrogen-bond acceptors (Lipinski definition) is 7. The van der Waals surface area contributed by atoms with E-state index in [1.165, 1.54) is 4.90 Å². The highest BCUT2D eigenvalue weighted by atomic mass is 32.2. The van der Waals surface area contributed by atoms with Gasteiger partial charge in [0.25, 0.3) is 5.91 Å². The van der Waals surface area contributed by atoms with Crippen LogP contribution in [0.1, 0.15) is 34.3 Å². The number of carbonyl (C=O) groups is 2. The van der Waals surface area contributed by atoms with Gasteiger partial charge in [-0.25, -0.2) is 8.42 Å². The molecule has 162 valence electrons. The summed E-state index contributed by atoms with van der Waals surface area (Å²) in [4.78, 5) is 26.4. The van der Waals surface area contributed by atoms with Crippen LogP contribution in [-0.2, 0) is 21.2 Å². The van der Waals surface area contributed by atoms with Crippen molar-refractivity contribution in [3.8, 4) is 5.75 Å². The Morgan fingerprint density at radius 3 is 2.40 bits per heavy atom. The van der Waals surface area contributed by atoms with E-state index in [9.17, 15) is 18.0 Å². The van der Waals surface area contributed by atoms with E-state index in [2.05, 4.69) is 10.5 Å². The fourth-order valence-electron chi connectivity index (χ4n) is 3.11. The molecule has 0 aliphatic carbocycles. The number of hydrogen-bond donors (Lipinski definition) is 1. The molecular formula is C20H25N3O6S. The largest absolute Gasteiger partial charge is 0.489 e. The summed E-state index contributed by atoms with van der Waals surface area (Å²) in [5, 5.41) is 6.54. The maximum absolute atomic E-state index is 12.5.